The summed E-state index contributed by atoms with van der Waals surface area (Å²) in [7, 11) is -1.67. The van der Waals surface area contributed by atoms with Crippen LogP contribution in [0.4, 0.5) is 0 Å². The van der Waals surface area contributed by atoms with Crippen LogP contribution in [-0.4, -0.2) is 40.1 Å². The molecule has 10 heteroatoms. The summed E-state index contributed by atoms with van der Waals surface area (Å²) in [5.41, 5.74) is 5.54. The van der Waals surface area contributed by atoms with Crippen molar-refractivity contribution in [3.8, 4) is 5.75 Å². The van der Waals surface area contributed by atoms with Gasteiger partial charge in [0.1, 0.15) is 5.75 Å². The average molecular weight is 412 g/mol. The molecule has 8 nitrogen and oxygen atoms in total. The third kappa shape index (κ3) is 7.37. The maximum Gasteiger partial charge on any atom is 0.279 e. The summed E-state index contributed by atoms with van der Waals surface area (Å²) < 4.78 is 29.5. The number of hydrogen-bond acceptors (Lipinski definition) is 6. The van der Waals surface area contributed by atoms with E-state index in [1.54, 1.807) is 43.5 Å². The monoisotopic (exact) mass is 411 g/mol. The summed E-state index contributed by atoms with van der Waals surface area (Å²) in [4.78, 5) is 25.3. The predicted octanol–water partition coefficient (Wildman–Crippen LogP) is 0.852. The number of amides is 2. The molecule has 1 aromatic heterocycles. The van der Waals surface area contributed by atoms with Gasteiger partial charge in [0.2, 0.25) is 15.9 Å². The van der Waals surface area contributed by atoms with Crippen molar-refractivity contribution in [2.75, 3.05) is 19.9 Å². The fourth-order valence-electron chi connectivity index (χ4n) is 2.15. The molecule has 1 aromatic carbocycles. The van der Waals surface area contributed by atoms with Gasteiger partial charge >= 0.3 is 0 Å². The number of nitrogens with one attached hydrogen (secondary N) is 3. The zero-order valence-corrected chi connectivity index (χ0v) is 16.6. The highest BCUT2D eigenvalue weighted by Crippen LogP contribution is 2.16. The number of sulfonamides is 1. The van der Waals surface area contributed by atoms with Gasteiger partial charge in [-0.1, -0.05) is 12.1 Å². The molecule has 0 atom stereocenters. The van der Waals surface area contributed by atoms with Gasteiger partial charge in [0.15, 0.2) is 0 Å². The zero-order chi connectivity index (χ0) is 19.9. The summed E-state index contributed by atoms with van der Waals surface area (Å²) >= 11 is 1.24. The third-order valence-corrected chi connectivity index (χ3v) is 5.33. The number of rotatable bonds is 8. The Morgan fingerprint density at radius 1 is 1.07 bits per heavy atom. The minimum atomic E-state index is -3.23. The zero-order valence-electron chi connectivity index (χ0n) is 14.9. The van der Waals surface area contributed by atoms with E-state index < -0.39 is 15.9 Å². The van der Waals surface area contributed by atoms with Crippen molar-refractivity contribution >= 4 is 33.2 Å². The van der Waals surface area contributed by atoms with E-state index >= 15 is 0 Å². The van der Waals surface area contributed by atoms with Gasteiger partial charge in [0, 0.05) is 11.4 Å². The molecule has 146 valence electrons. The van der Waals surface area contributed by atoms with Crippen molar-refractivity contribution in [1.29, 1.82) is 0 Å². The highest BCUT2D eigenvalue weighted by atomic mass is 32.2. The van der Waals surface area contributed by atoms with E-state index in [1.165, 1.54) is 11.3 Å². The van der Waals surface area contributed by atoms with Gasteiger partial charge in [-0.05, 0) is 36.2 Å². The average Bonchev–Trinajstić information content (AvgIpc) is 3.08. The highest BCUT2D eigenvalue weighted by molar-refractivity contribution is 7.88. The first-order chi connectivity index (χ1) is 12.8. The lowest BCUT2D eigenvalue weighted by atomic mass is 10.1. The second kappa shape index (κ2) is 9.49. The molecule has 1 heterocycles. The van der Waals surface area contributed by atoms with Crippen molar-refractivity contribution in [3.63, 3.8) is 0 Å². The maximum absolute atomic E-state index is 12.1. The number of methoxy groups -OCH3 is 1. The Morgan fingerprint density at radius 3 is 2.41 bits per heavy atom. The largest absolute Gasteiger partial charge is 0.497 e. The van der Waals surface area contributed by atoms with Gasteiger partial charge in [0.25, 0.3) is 5.91 Å². The smallest absolute Gasteiger partial charge is 0.279 e. The Labute approximate surface area is 162 Å². The molecular formula is C17H21N3O5S2. The molecule has 0 aliphatic heterocycles. The van der Waals surface area contributed by atoms with Crippen LogP contribution >= 0.6 is 11.3 Å². The van der Waals surface area contributed by atoms with Crippen LogP contribution in [0.5, 0.6) is 5.75 Å². The second-order valence-corrected chi connectivity index (χ2v) is 8.71. The summed E-state index contributed by atoms with van der Waals surface area (Å²) in [6, 6.07) is 10.4. The lowest BCUT2D eigenvalue weighted by Gasteiger charge is -2.07. The van der Waals surface area contributed by atoms with Crippen LogP contribution in [0.2, 0.25) is 0 Å². The lowest BCUT2D eigenvalue weighted by molar-refractivity contribution is -0.121. The molecule has 0 saturated carbocycles. The van der Waals surface area contributed by atoms with Gasteiger partial charge in [-0.15, -0.1) is 11.3 Å². The number of benzene rings is 1. The molecular weight excluding hydrogens is 390 g/mol. The fraction of sp³-hybridized carbons (Fsp3) is 0.294. The normalized spacial score (nSPS) is 11.0. The van der Waals surface area contributed by atoms with Crippen LogP contribution in [-0.2, 0) is 27.7 Å². The van der Waals surface area contributed by atoms with Crippen molar-refractivity contribution in [1.82, 2.24) is 15.6 Å². The Hall–Kier alpha value is -2.43. The van der Waals surface area contributed by atoms with E-state index in [0.717, 1.165) is 16.7 Å². The molecule has 0 bridgehead atoms. The molecule has 0 aliphatic rings. The van der Waals surface area contributed by atoms with Gasteiger partial charge in [0.05, 0.1) is 24.7 Å². The van der Waals surface area contributed by atoms with Crippen molar-refractivity contribution < 1.29 is 22.7 Å². The fourth-order valence-corrected chi connectivity index (χ4v) is 3.53. The van der Waals surface area contributed by atoms with Crippen LogP contribution in [0.3, 0.4) is 0 Å². The molecule has 0 saturated heterocycles. The van der Waals surface area contributed by atoms with E-state index in [-0.39, 0.29) is 18.9 Å². The molecule has 0 unspecified atom stereocenters. The third-order valence-electron chi connectivity index (χ3n) is 3.46. The van der Waals surface area contributed by atoms with Crippen LogP contribution in [0, 0.1) is 0 Å². The quantitative estimate of drug-likeness (QED) is 0.558. The van der Waals surface area contributed by atoms with E-state index in [0.29, 0.717) is 17.0 Å². The summed E-state index contributed by atoms with van der Waals surface area (Å²) in [5, 5.41) is 0. The molecule has 27 heavy (non-hydrogen) atoms. The second-order valence-electron chi connectivity index (χ2n) is 5.71. The number of hydrazine groups is 1. The van der Waals surface area contributed by atoms with E-state index in [1.807, 2.05) is 0 Å². The van der Waals surface area contributed by atoms with Crippen LogP contribution in [0.1, 0.15) is 20.1 Å². The predicted molar refractivity (Wildman–Crippen MR) is 103 cm³/mol. The summed E-state index contributed by atoms with van der Waals surface area (Å²) in [6.07, 6.45) is 1.70. The number of hydrogen-bond donors (Lipinski definition) is 3. The number of carbonyl (C=O) groups is 2. The molecule has 3 N–H and O–H groups in total. The molecule has 0 fully saturated rings. The summed E-state index contributed by atoms with van der Waals surface area (Å²) in [5.74, 6) is -0.0688. The van der Waals surface area contributed by atoms with Crippen molar-refractivity contribution in [2.24, 2.45) is 0 Å². The minimum Gasteiger partial charge on any atom is -0.497 e. The first-order valence-corrected chi connectivity index (χ1v) is 10.7. The van der Waals surface area contributed by atoms with Gasteiger partial charge in [-0.25, -0.2) is 13.1 Å². The SMILES string of the molecule is COc1ccc(CC(=O)NNC(=O)c2ccc(CCNS(C)(=O)=O)s2)cc1. The topological polar surface area (TPSA) is 114 Å². The first kappa shape index (κ1) is 20.9. The molecule has 2 amide bonds. The first-order valence-electron chi connectivity index (χ1n) is 8.02. The highest BCUT2D eigenvalue weighted by Gasteiger charge is 2.11. The van der Waals surface area contributed by atoms with Gasteiger partial charge in [-0.2, -0.15) is 0 Å². The van der Waals surface area contributed by atoms with Crippen LogP contribution in [0.25, 0.3) is 0 Å². The summed E-state index contributed by atoms with van der Waals surface area (Å²) in [6.45, 7) is 0.263. The Kier molecular flexibility index (Phi) is 7.34. The van der Waals surface area contributed by atoms with Crippen LogP contribution < -0.4 is 20.3 Å². The Morgan fingerprint density at radius 2 is 1.78 bits per heavy atom. The molecule has 0 radical (unpaired) electrons. The minimum absolute atomic E-state index is 0.122. The molecule has 0 aliphatic carbocycles. The number of thiophene rings is 1. The van der Waals surface area contributed by atoms with Crippen molar-refractivity contribution in [2.45, 2.75) is 12.8 Å². The lowest BCUT2D eigenvalue weighted by Crippen LogP contribution is -2.42. The van der Waals surface area contributed by atoms with Gasteiger partial charge < -0.3 is 4.74 Å². The van der Waals surface area contributed by atoms with Gasteiger partial charge in [-0.3, -0.25) is 20.4 Å². The van der Waals surface area contributed by atoms with E-state index in [2.05, 4.69) is 15.6 Å². The Bertz CT molecular complexity index is 892. The van der Waals surface area contributed by atoms with Crippen LogP contribution in [0.15, 0.2) is 36.4 Å². The standard InChI is InChI=1S/C17H21N3O5S2/c1-25-13-5-3-12(4-6-13)11-16(21)19-20-17(22)15-8-7-14(26-15)9-10-18-27(2,23)24/h3-8,18H,9-11H2,1-2H3,(H,19,21)(H,20,22). The maximum atomic E-state index is 12.1. The molecule has 2 aromatic rings. The van der Waals surface area contributed by atoms with E-state index in [4.69, 9.17) is 4.74 Å². The molecule has 2 rings (SSSR count). The number of ether oxygens (including phenoxy) is 1. The van der Waals surface area contributed by atoms with Crippen molar-refractivity contribution in [3.05, 3.63) is 51.7 Å². The number of carbonyl (C=O) groups excluding carboxylic acids is 2. The Balaban J connectivity index is 1.78. The van der Waals surface area contributed by atoms with E-state index in [9.17, 15) is 18.0 Å². The molecule has 0 spiro atoms.